The predicted molar refractivity (Wildman–Crippen MR) is 103 cm³/mol. The van der Waals surface area contributed by atoms with Gasteiger partial charge in [0.05, 0.1) is 18.9 Å². The largest absolute Gasteiger partial charge is 0.482 e. The van der Waals surface area contributed by atoms with Crippen molar-refractivity contribution < 1.29 is 28.6 Å². The Morgan fingerprint density at radius 3 is 2.48 bits per heavy atom. The summed E-state index contributed by atoms with van der Waals surface area (Å²) in [5.74, 6) is -0.708. The first-order valence-corrected chi connectivity index (χ1v) is 9.73. The second-order valence-corrected chi connectivity index (χ2v) is 7.64. The fraction of sp³-hybridized carbons (Fsp3) is 0.550. The minimum atomic E-state index is -0.545. The maximum Gasteiger partial charge on any atom is 0.265 e. The number of fused-ring (bicyclic) bond motifs is 1. The minimum absolute atomic E-state index is 0.0965. The predicted octanol–water partition coefficient (Wildman–Crippen LogP) is 0.479. The van der Waals surface area contributed by atoms with Crippen molar-refractivity contribution in [2.75, 3.05) is 58.5 Å². The summed E-state index contributed by atoms with van der Waals surface area (Å²) in [5, 5.41) is 0. The van der Waals surface area contributed by atoms with Crippen molar-refractivity contribution in [3.63, 3.8) is 0 Å². The molecule has 3 amide bonds. The Hall–Kier alpha value is -2.65. The van der Waals surface area contributed by atoms with Gasteiger partial charge in [0.2, 0.25) is 5.91 Å². The summed E-state index contributed by atoms with van der Waals surface area (Å²) in [6.45, 7) is 2.03. The highest BCUT2D eigenvalue weighted by molar-refractivity contribution is 6.04. The lowest BCUT2D eigenvalue weighted by Crippen LogP contribution is -2.47. The van der Waals surface area contributed by atoms with Crippen molar-refractivity contribution in [3.8, 4) is 5.75 Å². The first kappa shape index (κ1) is 19.7. The number of nitrogens with zero attached hydrogens (tertiary/aromatic N) is 3. The van der Waals surface area contributed by atoms with Gasteiger partial charge in [0.15, 0.2) is 12.4 Å². The van der Waals surface area contributed by atoms with E-state index in [4.69, 9.17) is 14.2 Å². The van der Waals surface area contributed by atoms with E-state index in [1.807, 2.05) is 0 Å². The second kappa shape index (κ2) is 7.64. The number of ether oxygens (including phenoxy) is 3. The number of rotatable bonds is 3. The maximum atomic E-state index is 13.0. The van der Waals surface area contributed by atoms with E-state index < -0.39 is 5.79 Å². The lowest BCUT2D eigenvalue weighted by Gasteiger charge is -2.37. The summed E-state index contributed by atoms with van der Waals surface area (Å²) in [6.07, 6.45) is 1.27. The molecular weight excluding hydrogens is 378 g/mol. The van der Waals surface area contributed by atoms with Crippen molar-refractivity contribution in [1.29, 1.82) is 0 Å². The Morgan fingerprint density at radius 2 is 1.83 bits per heavy atom. The van der Waals surface area contributed by atoms with Gasteiger partial charge >= 0.3 is 0 Å². The van der Waals surface area contributed by atoms with Crippen molar-refractivity contribution in [1.82, 2.24) is 9.80 Å². The van der Waals surface area contributed by atoms with Crippen LogP contribution in [0.5, 0.6) is 5.75 Å². The smallest absolute Gasteiger partial charge is 0.265 e. The zero-order chi connectivity index (χ0) is 20.6. The molecule has 0 saturated carbocycles. The van der Waals surface area contributed by atoms with E-state index in [-0.39, 0.29) is 30.9 Å². The third-order valence-corrected chi connectivity index (χ3v) is 5.57. The van der Waals surface area contributed by atoms with Gasteiger partial charge in [-0.3, -0.25) is 19.3 Å². The molecule has 9 nitrogen and oxygen atoms in total. The number of amides is 3. The first-order chi connectivity index (χ1) is 13.9. The van der Waals surface area contributed by atoms with Crippen LogP contribution in [0.2, 0.25) is 0 Å². The van der Waals surface area contributed by atoms with Crippen LogP contribution < -0.4 is 9.64 Å². The highest BCUT2D eigenvalue weighted by atomic mass is 16.7. The molecule has 1 aromatic rings. The third kappa shape index (κ3) is 3.79. The molecule has 0 bridgehead atoms. The quantitative estimate of drug-likeness (QED) is 0.730. The molecule has 9 heteroatoms. The van der Waals surface area contributed by atoms with Gasteiger partial charge in [0.1, 0.15) is 12.3 Å². The zero-order valence-electron chi connectivity index (χ0n) is 16.7. The van der Waals surface area contributed by atoms with Crippen LogP contribution in [0.25, 0.3) is 0 Å². The Kier molecular flexibility index (Phi) is 5.18. The van der Waals surface area contributed by atoms with Crippen LogP contribution in [0, 0.1) is 0 Å². The van der Waals surface area contributed by atoms with E-state index in [0.717, 1.165) is 0 Å². The van der Waals surface area contributed by atoms with Crippen LogP contribution in [0.3, 0.4) is 0 Å². The molecule has 0 aliphatic carbocycles. The summed E-state index contributed by atoms with van der Waals surface area (Å²) in [6, 6.07) is 5.00. The molecule has 4 rings (SSSR count). The molecule has 3 aliphatic rings. The van der Waals surface area contributed by atoms with Gasteiger partial charge in [-0.15, -0.1) is 0 Å². The molecule has 1 spiro atoms. The molecule has 0 atom stereocenters. The molecule has 2 saturated heterocycles. The monoisotopic (exact) mass is 403 g/mol. The van der Waals surface area contributed by atoms with Crippen molar-refractivity contribution in [2.24, 2.45) is 0 Å². The second-order valence-electron chi connectivity index (χ2n) is 7.64. The topological polar surface area (TPSA) is 88.6 Å². The highest BCUT2D eigenvalue weighted by Crippen LogP contribution is 2.35. The van der Waals surface area contributed by atoms with E-state index in [9.17, 15) is 14.4 Å². The van der Waals surface area contributed by atoms with Crippen LogP contribution in [0.15, 0.2) is 18.2 Å². The highest BCUT2D eigenvalue weighted by Gasteiger charge is 2.41. The first-order valence-electron chi connectivity index (χ1n) is 9.73. The van der Waals surface area contributed by atoms with Gasteiger partial charge < -0.3 is 24.0 Å². The van der Waals surface area contributed by atoms with Crippen molar-refractivity contribution in [3.05, 3.63) is 23.8 Å². The molecule has 0 N–H and O–H groups in total. The Bertz CT molecular complexity index is 824. The zero-order valence-corrected chi connectivity index (χ0v) is 16.7. The molecule has 0 radical (unpaired) electrons. The van der Waals surface area contributed by atoms with Crippen LogP contribution in [0.4, 0.5) is 5.69 Å². The number of piperidine rings is 1. The summed E-state index contributed by atoms with van der Waals surface area (Å²) < 4.78 is 16.9. The lowest BCUT2D eigenvalue weighted by atomic mass is 10.0. The van der Waals surface area contributed by atoms with Gasteiger partial charge in [0, 0.05) is 45.6 Å². The standard InChI is InChI=1S/C20H25N3O6/c1-21(2)17(24)12-23-15-11-14(3-4-16(15)27-13-18(23)25)19(26)22-7-5-20(6-8-22)28-9-10-29-20/h3-4,11H,5-10,12-13H2,1-2H3. The summed E-state index contributed by atoms with van der Waals surface area (Å²) in [4.78, 5) is 42.1. The number of hydrogen-bond donors (Lipinski definition) is 0. The fourth-order valence-electron chi connectivity index (χ4n) is 3.80. The summed E-state index contributed by atoms with van der Waals surface area (Å²) >= 11 is 0. The van der Waals surface area contributed by atoms with Crippen LogP contribution in [-0.4, -0.2) is 86.9 Å². The normalized spacial score (nSPS) is 20.4. The molecule has 3 aliphatic heterocycles. The average Bonchev–Trinajstić information content (AvgIpc) is 3.17. The molecule has 0 unspecified atom stereocenters. The van der Waals surface area contributed by atoms with Crippen LogP contribution in [0.1, 0.15) is 23.2 Å². The van der Waals surface area contributed by atoms with E-state index in [1.54, 1.807) is 37.2 Å². The number of carbonyl (C=O) groups excluding carboxylic acids is 3. The van der Waals surface area contributed by atoms with Gasteiger partial charge in [-0.2, -0.15) is 0 Å². The summed E-state index contributed by atoms with van der Waals surface area (Å²) in [7, 11) is 3.27. The molecule has 29 heavy (non-hydrogen) atoms. The fourth-order valence-corrected chi connectivity index (χ4v) is 3.80. The number of anilines is 1. The van der Waals surface area contributed by atoms with Gasteiger partial charge in [-0.05, 0) is 18.2 Å². The molecule has 1 aromatic carbocycles. The van der Waals surface area contributed by atoms with Gasteiger partial charge in [-0.25, -0.2) is 0 Å². The Labute approximate surface area is 169 Å². The van der Waals surface area contributed by atoms with Crippen molar-refractivity contribution in [2.45, 2.75) is 18.6 Å². The summed E-state index contributed by atoms with van der Waals surface area (Å²) in [5.41, 5.74) is 0.895. The van der Waals surface area contributed by atoms with E-state index >= 15 is 0 Å². The van der Waals surface area contributed by atoms with Gasteiger partial charge in [-0.1, -0.05) is 0 Å². The number of likely N-dealkylation sites (N-methyl/N-ethyl adjacent to an activating group) is 1. The van der Waals surface area contributed by atoms with E-state index in [2.05, 4.69) is 0 Å². The number of hydrogen-bond acceptors (Lipinski definition) is 6. The van der Waals surface area contributed by atoms with Gasteiger partial charge in [0.25, 0.3) is 11.8 Å². The number of likely N-dealkylation sites (tertiary alicyclic amines) is 1. The minimum Gasteiger partial charge on any atom is -0.482 e. The van der Waals surface area contributed by atoms with Crippen molar-refractivity contribution >= 4 is 23.4 Å². The molecule has 156 valence electrons. The number of carbonyl (C=O) groups is 3. The number of benzene rings is 1. The molecule has 0 aromatic heterocycles. The van der Waals surface area contributed by atoms with Crippen LogP contribution >= 0.6 is 0 Å². The third-order valence-electron chi connectivity index (χ3n) is 5.57. The van der Waals surface area contributed by atoms with E-state index in [1.165, 1.54) is 9.80 Å². The Balaban J connectivity index is 1.52. The molecular formula is C20H25N3O6. The Morgan fingerprint density at radius 1 is 1.14 bits per heavy atom. The molecule has 3 heterocycles. The lowest BCUT2D eigenvalue weighted by molar-refractivity contribution is -0.181. The maximum absolute atomic E-state index is 13.0. The van der Waals surface area contributed by atoms with E-state index in [0.29, 0.717) is 56.1 Å². The van der Waals surface area contributed by atoms with Crippen LogP contribution in [-0.2, 0) is 19.1 Å². The average molecular weight is 403 g/mol. The SMILES string of the molecule is CN(C)C(=O)CN1C(=O)COc2ccc(C(=O)N3CCC4(CC3)OCCO4)cc21. The molecule has 2 fully saturated rings.